The predicted octanol–water partition coefficient (Wildman–Crippen LogP) is 2.42. The van der Waals surface area contributed by atoms with Crippen LogP contribution in [0.1, 0.15) is 53.1 Å². The molecule has 4 nitrogen and oxygen atoms in total. The number of fused-ring (bicyclic) bond motifs is 1. The molecule has 94 valence electrons. The highest BCUT2D eigenvalue weighted by Crippen LogP contribution is 2.44. The molecule has 0 saturated heterocycles. The van der Waals surface area contributed by atoms with Gasteiger partial charge in [0.05, 0.1) is 6.10 Å². The lowest BCUT2D eigenvalue weighted by Gasteiger charge is -2.25. The molecule has 0 saturated carbocycles. The van der Waals surface area contributed by atoms with Gasteiger partial charge >= 0.3 is 5.97 Å². The Labute approximate surface area is 104 Å². The maximum absolute atomic E-state index is 10.9. The second-order valence-electron chi connectivity index (χ2n) is 4.49. The molecule has 1 aromatic heterocycles. The number of carboxylic acid groups (broad SMARTS) is 1. The Balaban J connectivity index is 2.38. The zero-order valence-corrected chi connectivity index (χ0v) is 10.8. The highest BCUT2D eigenvalue weighted by molar-refractivity contribution is 7.12. The minimum Gasteiger partial charge on any atom is -0.480 e. The van der Waals surface area contributed by atoms with E-state index in [-0.39, 0.29) is 6.10 Å². The topological polar surface area (TPSA) is 72.5 Å². The van der Waals surface area contributed by atoms with Crippen LogP contribution in [0.3, 0.4) is 0 Å². The molecule has 17 heavy (non-hydrogen) atoms. The number of ether oxygens (including phenoxy) is 1. The summed E-state index contributed by atoms with van der Waals surface area (Å²) >= 11 is 1.51. The first-order chi connectivity index (χ1) is 8.04. The molecule has 1 aliphatic carbocycles. The molecule has 0 radical (unpaired) electrons. The van der Waals surface area contributed by atoms with Crippen molar-refractivity contribution in [3.8, 4) is 0 Å². The Hall–Kier alpha value is -0.910. The van der Waals surface area contributed by atoms with Crippen LogP contribution in [0.2, 0.25) is 0 Å². The van der Waals surface area contributed by atoms with Crippen LogP contribution >= 0.6 is 11.3 Å². The Morgan fingerprint density at radius 1 is 1.65 bits per heavy atom. The lowest BCUT2D eigenvalue weighted by molar-refractivity contribution is -0.138. The maximum Gasteiger partial charge on any atom is 0.325 e. The number of thiophene rings is 1. The molecule has 0 bridgehead atoms. The van der Waals surface area contributed by atoms with Gasteiger partial charge in [-0.1, -0.05) is 6.92 Å². The molecule has 1 heterocycles. The Bertz CT molecular complexity index is 429. The molecule has 0 aliphatic heterocycles. The Morgan fingerprint density at radius 3 is 2.94 bits per heavy atom. The molecule has 3 unspecified atom stereocenters. The molecule has 0 aromatic carbocycles. The number of rotatable bonds is 3. The van der Waals surface area contributed by atoms with Gasteiger partial charge in [-0.25, -0.2) is 0 Å². The molecule has 1 aliphatic rings. The number of aliphatic carboxylic acids is 1. The highest BCUT2D eigenvalue weighted by atomic mass is 32.1. The van der Waals surface area contributed by atoms with Gasteiger partial charge in [-0.05, 0) is 30.4 Å². The van der Waals surface area contributed by atoms with Crippen molar-refractivity contribution in [3.63, 3.8) is 0 Å². The molecule has 5 heteroatoms. The summed E-state index contributed by atoms with van der Waals surface area (Å²) in [6.07, 6.45) is 2.16. The largest absolute Gasteiger partial charge is 0.480 e. The summed E-state index contributed by atoms with van der Waals surface area (Å²) in [5.41, 5.74) is 6.78. The van der Waals surface area contributed by atoms with E-state index in [2.05, 4.69) is 6.92 Å². The summed E-state index contributed by atoms with van der Waals surface area (Å²) in [5.74, 6) is -0.513. The first kappa shape index (κ1) is 12.5. The highest BCUT2D eigenvalue weighted by Gasteiger charge is 2.29. The number of carboxylic acids is 1. The predicted molar refractivity (Wildman–Crippen MR) is 66.3 cm³/mol. The van der Waals surface area contributed by atoms with Crippen molar-refractivity contribution in [2.45, 2.75) is 37.8 Å². The summed E-state index contributed by atoms with van der Waals surface area (Å²) < 4.78 is 5.44. The van der Waals surface area contributed by atoms with Crippen LogP contribution in [0.15, 0.2) is 6.07 Å². The molecule has 2 rings (SSSR count). The lowest BCUT2D eigenvalue weighted by Crippen LogP contribution is -2.19. The fraction of sp³-hybridized carbons (Fsp3) is 0.583. The van der Waals surface area contributed by atoms with Crippen LogP contribution < -0.4 is 5.73 Å². The molecular formula is C12H17NO3S. The third-order valence-corrected chi connectivity index (χ3v) is 4.79. The summed E-state index contributed by atoms with van der Waals surface area (Å²) in [6.45, 7) is 2.16. The van der Waals surface area contributed by atoms with Crippen molar-refractivity contribution in [3.05, 3.63) is 21.4 Å². The standard InChI is InChI=1S/C12H17NO3S/c1-6-3-4-8(16-2)7-5-9(17-11(6)7)10(13)12(14)15/h5-6,8,10H,3-4,13H2,1-2H3,(H,14,15). The summed E-state index contributed by atoms with van der Waals surface area (Å²) in [5, 5.41) is 8.94. The van der Waals surface area contributed by atoms with E-state index in [1.54, 1.807) is 7.11 Å². The Kier molecular flexibility index (Phi) is 3.51. The number of methoxy groups -OCH3 is 1. The van der Waals surface area contributed by atoms with Gasteiger partial charge in [0, 0.05) is 16.9 Å². The van der Waals surface area contributed by atoms with Crippen molar-refractivity contribution in [2.75, 3.05) is 7.11 Å². The molecule has 3 atom stereocenters. The molecule has 3 N–H and O–H groups in total. The van der Waals surface area contributed by atoms with Crippen molar-refractivity contribution in [1.82, 2.24) is 0 Å². The smallest absolute Gasteiger partial charge is 0.325 e. The molecule has 0 amide bonds. The average molecular weight is 255 g/mol. The van der Waals surface area contributed by atoms with Crippen LogP contribution in [-0.2, 0) is 9.53 Å². The van der Waals surface area contributed by atoms with E-state index in [1.165, 1.54) is 16.2 Å². The fourth-order valence-corrected chi connectivity index (χ4v) is 3.58. The molecule has 1 aromatic rings. The van der Waals surface area contributed by atoms with E-state index >= 15 is 0 Å². The number of hydrogen-bond acceptors (Lipinski definition) is 4. The quantitative estimate of drug-likeness (QED) is 0.870. The number of nitrogens with two attached hydrogens (primary N) is 1. The van der Waals surface area contributed by atoms with E-state index in [0.717, 1.165) is 23.3 Å². The average Bonchev–Trinajstić information content (AvgIpc) is 2.74. The zero-order valence-electron chi connectivity index (χ0n) is 9.97. The summed E-state index contributed by atoms with van der Waals surface area (Å²) in [6, 6.07) is 0.984. The van der Waals surface area contributed by atoms with E-state index in [4.69, 9.17) is 15.6 Å². The van der Waals surface area contributed by atoms with Gasteiger partial charge in [-0.15, -0.1) is 11.3 Å². The van der Waals surface area contributed by atoms with Gasteiger partial charge in [0.25, 0.3) is 0 Å². The maximum atomic E-state index is 10.9. The second kappa shape index (κ2) is 4.76. The first-order valence-corrected chi connectivity index (χ1v) is 6.51. The monoisotopic (exact) mass is 255 g/mol. The summed E-state index contributed by atoms with van der Waals surface area (Å²) in [7, 11) is 1.69. The number of hydrogen-bond donors (Lipinski definition) is 2. The second-order valence-corrected chi connectivity index (χ2v) is 5.60. The molecule has 0 fully saturated rings. The fourth-order valence-electron chi connectivity index (χ4n) is 2.28. The molecule has 0 spiro atoms. The zero-order chi connectivity index (χ0) is 12.6. The minimum absolute atomic E-state index is 0.0900. The van der Waals surface area contributed by atoms with E-state index in [9.17, 15) is 4.79 Å². The number of carbonyl (C=O) groups is 1. The van der Waals surface area contributed by atoms with E-state index in [1.807, 2.05) is 6.07 Å². The van der Waals surface area contributed by atoms with Crippen LogP contribution in [0.5, 0.6) is 0 Å². The van der Waals surface area contributed by atoms with Crippen molar-refractivity contribution < 1.29 is 14.6 Å². The van der Waals surface area contributed by atoms with Gasteiger partial charge in [0.15, 0.2) is 0 Å². The van der Waals surface area contributed by atoms with Crippen LogP contribution in [0.4, 0.5) is 0 Å². The van der Waals surface area contributed by atoms with Gasteiger partial charge in [-0.3, -0.25) is 4.79 Å². The van der Waals surface area contributed by atoms with Crippen molar-refractivity contribution in [2.24, 2.45) is 5.73 Å². The van der Waals surface area contributed by atoms with Gasteiger partial charge in [0.2, 0.25) is 0 Å². The Morgan fingerprint density at radius 2 is 2.35 bits per heavy atom. The van der Waals surface area contributed by atoms with Crippen LogP contribution in [-0.4, -0.2) is 18.2 Å². The minimum atomic E-state index is -0.981. The lowest BCUT2D eigenvalue weighted by atomic mass is 9.88. The summed E-state index contributed by atoms with van der Waals surface area (Å²) in [4.78, 5) is 12.8. The van der Waals surface area contributed by atoms with E-state index in [0.29, 0.717) is 5.92 Å². The van der Waals surface area contributed by atoms with Gasteiger partial charge in [0.1, 0.15) is 6.04 Å². The van der Waals surface area contributed by atoms with Crippen molar-refractivity contribution in [1.29, 1.82) is 0 Å². The third-order valence-electron chi connectivity index (χ3n) is 3.32. The third kappa shape index (κ3) is 2.22. The first-order valence-electron chi connectivity index (χ1n) is 5.69. The van der Waals surface area contributed by atoms with Gasteiger partial charge < -0.3 is 15.6 Å². The van der Waals surface area contributed by atoms with Gasteiger partial charge in [-0.2, -0.15) is 0 Å². The van der Waals surface area contributed by atoms with Crippen molar-refractivity contribution >= 4 is 17.3 Å². The molecular weight excluding hydrogens is 238 g/mol. The van der Waals surface area contributed by atoms with Crippen LogP contribution in [0, 0.1) is 0 Å². The van der Waals surface area contributed by atoms with E-state index < -0.39 is 12.0 Å². The van der Waals surface area contributed by atoms with Crippen LogP contribution in [0.25, 0.3) is 0 Å². The normalized spacial score (nSPS) is 25.4. The SMILES string of the molecule is COC1CCC(C)c2sc(C(N)C(=O)O)cc21.